The van der Waals surface area contributed by atoms with Gasteiger partial charge in [-0.25, -0.2) is 0 Å². The summed E-state index contributed by atoms with van der Waals surface area (Å²) in [5, 5.41) is 0. The van der Waals surface area contributed by atoms with E-state index in [0.29, 0.717) is 6.42 Å². The molecule has 1 fully saturated rings. The average Bonchev–Trinajstić information content (AvgIpc) is 2.45. The van der Waals surface area contributed by atoms with Crippen molar-refractivity contribution >= 4 is 13.2 Å². The topological polar surface area (TPSA) is 26.3 Å². The molecular formula is C15H25BO2. The summed E-state index contributed by atoms with van der Waals surface area (Å²) >= 11 is 0. The molecule has 0 aromatic carbocycles. The van der Waals surface area contributed by atoms with Gasteiger partial charge in [0.2, 0.25) is 0 Å². The maximum Gasteiger partial charge on any atom is 0.327 e. The fraction of sp³-hybridized carbons (Fsp3) is 0.667. The summed E-state index contributed by atoms with van der Waals surface area (Å²) in [6.07, 6.45) is 6.65. The molecule has 0 aliphatic carbocycles. The summed E-state index contributed by atoms with van der Waals surface area (Å²) in [5.74, 6) is 0. The lowest BCUT2D eigenvalue weighted by atomic mass is 9.53. The van der Waals surface area contributed by atoms with Crippen LogP contribution in [0.1, 0.15) is 48.0 Å². The first kappa shape index (κ1) is 15.2. The van der Waals surface area contributed by atoms with E-state index in [0.717, 1.165) is 18.2 Å². The van der Waals surface area contributed by atoms with E-state index in [-0.39, 0.29) is 17.9 Å². The maximum absolute atomic E-state index is 10.5. The maximum atomic E-state index is 10.5. The van der Waals surface area contributed by atoms with Crippen molar-refractivity contribution in [3.63, 3.8) is 0 Å². The van der Waals surface area contributed by atoms with Crippen LogP contribution < -0.4 is 0 Å². The Morgan fingerprint density at radius 2 is 1.94 bits per heavy atom. The molecule has 0 aromatic rings. The van der Waals surface area contributed by atoms with Gasteiger partial charge in [-0.05, 0) is 39.4 Å². The molecule has 0 unspecified atom stereocenters. The highest BCUT2D eigenvalue weighted by Gasteiger charge is 2.49. The minimum Gasteiger partial charge on any atom is -0.426 e. The highest BCUT2D eigenvalue weighted by atomic mass is 16.5. The molecule has 0 atom stereocenters. The SMILES string of the molecule is C/C=C(\C=C(/C)CC=O)B1CC(C)(C)C(C)(C)O1. The van der Waals surface area contributed by atoms with Crippen LogP contribution in [0.3, 0.4) is 0 Å². The molecule has 18 heavy (non-hydrogen) atoms. The highest BCUT2D eigenvalue weighted by Crippen LogP contribution is 2.46. The van der Waals surface area contributed by atoms with Crippen LogP contribution in [-0.2, 0) is 9.45 Å². The Morgan fingerprint density at radius 3 is 2.33 bits per heavy atom. The van der Waals surface area contributed by atoms with Crippen molar-refractivity contribution in [2.45, 2.75) is 59.9 Å². The Hall–Kier alpha value is -0.825. The molecule has 3 heteroatoms. The van der Waals surface area contributed by atoms with E-state index in [1.807, 2.05) is 13.8 Å². The molecule has 0 aromatic heterocycles. The van der Waals surface area contributed by atoms with Gasteiger partial charge in [0.25, 0.3) is 0 Å². The van der Waals surface area contributed by atoms with Gasteiger partial charge in [0.15, 0.2) is 0 Å². The summed E-state index contributed by atoms with van der Waals surface area (Å²) < 4.78 is 6.19. The Bertz CT molecular complexity index is 362. The van der Waals surface area contributed by atoms with Gasteiger partial charge in [0.1, 0.15) is 6.29 Å². The molecule has 1 aliphatic heterocycles. The molecule has 1 saturated heterocycles. The van der Waals surface area contributed by atoms with Gasteiger partial charge in [0.05, 0.1) is 5.60 Å². The number of rotatable bonds is 4. The molecule has 1 rings (SSSR count). The van der Waals surface area contributed by atoms with Crippen molar-refractivity contribution in [2.75, 3.05) is 0 Å². The van der Waals surface area contributed by atoms with Gasteiger partial charge >= 0.3 is 6.92 Å². The first-order chi connectivity index (χ1) is 8.23. The quantitative estimate of drug-likeness (QED) is 0.429. The van der Waals surface area contributed by atoms with Gasteiger partial charge in [-0.15, -0.1) is 0 Å². The van der Waals surface area contributed by atoms with Gasteiger partial charge in [0, 0.05) is 6.42 Å². The minimum absolute atomic E-state index is 0.113. The molecule has 0 bridgehead atoms. The zero-order valence-electron chi connectivity index (χ0n) is 12.5. The molecule has 0 radical (unpaired) electrons. The molecule has 2 nitrogen and oxygen atoms in total. The van der Waals surface area contributed by atoms with E-state index < -0.39 is 0 Å². The zero-order valence-corrected chi connectivity index (χ0v) is 12.5. The van der Waals surface area contributed by atoms with Crippen molar-refractivity contribution in [1.82, 2.24) is 0 Å². The van der Waals surface area contributed by atoms with Crippen molar-refractivity contribution in [1.29, 1.82) is 0 Å². The van der Waals surface area contributed by atoms with Crippen LogP contribution in [0.25, 0.3) is 0 Å². The highest BCUT2D eigenvalue weighted by molar-refractivity contribution is 6.62. The van der Waals surface area contributed by atoms with E-state index in [2.05, 4.69) is 39.8 Å². The average molecular weight is 248 g/mol. The van der Waals surface area contributed by atoms with E-state index in [1.165, 1.54) is 5.47 Å². The molecule has 0 amide bonds. The van der Waals surface area contributed by atoms with Gasteiger partial charge in [-0.2, -0.15) is 0 Å². The van der Waals surface area contributed by atoms with E-state index in [1.54, 1.807) is 0 Å². The third-order valence-corrected chi connectivity index (χ3v) is 4.29. The lowest BCUT2D eigenvalue weighted by Gasteiger charge is -2.34. The second-order valence-electron chi connectivity index (χ2n) is 6.35. The molecule has 0 N–H and O–H groups in total. The third kappa shape index (κ3) is 3.14. The van der Waals surface area contributed by atoms with Crippen molar-refractivity contribution in [3.8, 4) is 0 Å². The van der Waals surface area contributed by atoms with Crippen molar-refractivity contribution in [3.05, 3.63) is 23.2 Å². The Morgan fingerprint density at radius 1 is 1.33 bits per heavy atom. The Labute approximate surface area is 112 Å². The molecule has 0 spiro atoms. The number of hydrogen-bond acceptors (Lipinski definition) is 2. The van der Waals surface area contributed by atoms with Crippen LogP contribution in [0.4, 0.5) is 0 Å². The molecule has 1 aliphatic rings. The smallest absolute Gasteiger partial charge is 0.327 e. The predicted molar refractivity (Wildman–Crippen MR) is 77.7 cm³/mol. The Kier molecular flexibility index (Phi) is 4.60. The second kappa shape index (κ2) is 5.44. The molecular weight excluding hydrogens is 223 g/mol. The van der Waals surface area contributed by atoms with Gasteiger partial charge in [-0.3, -0.25) is 0 Å². The van der Waals surface area contributed by atoms with E-state index >= 15 is 0 Å². The molecule has 1 heterocycles. The fourth-order valence-electron chi connectivity index (χ4n) is 2.29. The zero-order chi connectivity index (χ0) is 14.0. The van der Waals surface area contributed by atoms with Crippen LogP contribution in [0.15, 0.2) is 23.2 Å². The fourth-order valence-corrected chi connectivity index (χ4v) is 2.29. The lowest BCUT2D eigenvalue weighted by molar-refractivity contribution is -0.107. The van der Waals surface area contributed by atoms with Crippen LogP contribution in [0, 0.1) is 5.41 Å². The number of allylic oxidation sites excluding steroid dienone is 4. The van der Waals surface area contributed by atoms with Crippen molar-refractivity contribution in [2.24, 2.45) is 5.41 Å². The first-order valence-electron chi connectivity index (χ1n) is 6.68. The number of carbonyl (C=O) groups excluding carboxylic acids is 1. The van der Waals surface area contributed by atoms with E-state index in [9.17, 15) is 4.79 Å². The van der Waals surface area contributed by atoms with E-state index in [4.69, 9.17) is 4.65 Å². The number of aldehydes is 1. The van der Waals surface area contributed by atoms with Crippen LogP contribution in [0.5, 0.6) is 0 Å². The van der Waals surface area contributed by atoms with Crippen LogP contribution >= 0.6 is 0 Å². The van der Waals surface area contributed by atoms with Gasteiger partial charge < -0.3 is 9.45 Å². The van der Waals surface area contributed by atoms with Gasteiger partial charge in [-0.1, -0.05) is 37.0 Å². The third-order valence-electron chi connectivity index (χ3n) is 4.29. The van der Waals surface area contributed by atoms with Crippen LogP contribution in [-0.4, -0.2) is 18.8 Å². The number of carbonyl (C=O) groups is 1. The minimum atomic E-state index is -0.113. The monoisotopic (exact) mass is 248 g/mol. The predicted octanol–water partition coefficient (Wildman–Crippen LogP) is 3.83. The first-order valence-corrected chi connectivity index (χ1v) is 6.68. The molecule has 0 saturated carbocycles. The summed E-state index contributed by atoms with van der Waals surface area (Å²) in [6.45, 7) is 13.0. The summed E-state index contributed by atoms with van der Waals surface area (Å²) in [6, 6.07) is 0. The second-order valence-corrected chi connectivity index (χ2v) is 6.35. The lowest BCUT2D eigenvalue weighted by Crippen LogP contribution is -2.34. The summed E-state index contributed by atoms with van der Waals surface area (Å²) in [5.41, 5.74) is 2.33. The number of hydrogen-bond donors (Lipinski definition) is 0. The normalized spacial score (nSPS) is 23.3. The van der Waals surface area contributed by atoms with Crippen LogP contribution in [0.2, 0.25) is 6.32 Å². The van der Waals surface area contributed by atoms with Crippen molar-refractivity contribution < 1.29 is 9.45 Å². The summed E-state index contributed by atoms with van der Waals surface area (Å²) in [4.78, 5) is 10.5. The molecule has 100 valence electrons. The standard InChI is InChI=1S/C15H25BO2/c1-7-13(10-12(2)8-9-17)16-11-14(3,4)15(5,6)18-16/h7,9-10H,8,11H2,1-6H3/b12-10+,13-7+. The summed E-state index contributed by atoms with van der Waals surface area (Å²) in [7, 11) is 0. The largest absolute Gasteiger partial charge is 0.426 e. The Balaban J connectivity index is 2.89.